The number of likely N-dealkylation sites (tertiary alicyclic amines) is 1. The molecule has 0 aliphatic carbocycles. The van der Waals surface area contributed by atoms with Crippen LogP contribution >= 0.6 is 0 Å². The van der Waals surface area contributed by atoms with Gasteiger partial charge in [0.25, 0.3) is 0 Å². The van der Waals surface area contributed by atoms with Crippen LogP contribution in [0.15, 0.2) is 42.6 Å². The molecule has 0 atom stereocenters. The fraction of sp³-hybridized carbons (Fsp3) is 0.294. The van der Waals surface area contributed by atoms with Gasteiger partial charge in [-0.3, -0.25) is 0 Å². The van der Waals surface area contributed by atoms with Crippen LogP contribution in [0.5, 0.6) is 11.6 Å². The number of hydrogen-bond donors (Lipinski definition) is 1. The Morgan fingerprint density at radius 3 is 2.42 bits per heavy atom. The lowest BCUT2D eigenvalue weighted by molar-refractivity contribution is -0.137. The smallest absolute Gasteiger partial charge is 0.417 e. The molecule has 3 rings (SSSR count). The first kappa shape index (κ1) is 17.8. The minimum atomic E-state index is -4.43. The number of carbonyl (C=O) groups is 1. The first-order chi connectivity index (χ1) is 12.3. The third-order valence-electron chi connectivity index (χ3n) is 3.83. The number of benzene rings is 1. The number of amides is 2. The molecule has 0 unspecified atom stereocenters. The van der Waals surface area contributed by atoms with Crippen molar-refractivity contribution in [2.75, 3.05) is 25.5 Å². The van der Waals surface area contributed by atoms with Crippen molar-refractivity contribution in [3.63, 3.8) is 0 Å². The van der Waals surface area contributed by atoms with Gasteiger partial charge in [-0.05, 0) is 30.3 Å². The van der Waals surface area contributed by atoms with E-state index in [1.807, 2.05) is 0 Å². The van der Waals surface area contributed by atoms with Crippen LogP contribution in [0.3, 0.4) is 0 Å². The number of ether oxygens (including phenoxy) is 2. The van der Waals surface area contributed by atoms with Gasteiger partial charge in [-0.1, -0.05) is 0 Å². The minimum Gasteiger partial charge on any atom is -0.497 e. The number of alkyl halides is 3. The average Bonchev–Trinajstić information content (AvgIpc) is 2.58. The maximum Gasteiger partial charge on any atom is 0.417 e. The molecular weight excluding hydrogens is 351 g/mol. The molecule has 1 aliphatic rings. The van der Waals surface area contributed by atoms with E-state index in [-0.39, 0.29) is 18.0 Å². The summed E-state index contributed by atoms with van der Waals surface area (Å²) in [6.07, 6.45) is -4.01. The Morgan fingerprint density at radius 1 is 1.19 bits per heavy atom. The minimum absolute atomic E-state index is 0.0956. The highest BCUT2D eigenvalue weighted by molar-refractivity contribution is 5.90. The van der Waals surface area contributed by atoms with Crippen LogP contribution in [-0.4, -0.2) is 42.2 Å². The molecule has 0 spiro atoms. The van der Waals surface area contributed by atoms with Crippen molar-refractivity contribution in [3.8, 4) is 11.6 Å². The average molecular weight is 367 g/mol. The van der Waals surface area contributed by atoms with Gasteiger partial charge in [-0.25, -0.2) is 9.78 Å². The molecule has 1 aliphatic heterocycles. The molecule has 1 fully saturated rings. The second kappa shape index (κ2) is 7.11. The lowest BCUT2D eigenvalue weighted by Crippen LogP contribution is -2.57. The van der Waals surface area contributed by atoms with Crippen molar-refractivity contribution >= 4 is 11.7 Å². The lowest BCUT2D eigenvalue weighted by Gasteiger charge is -2.38. The SMILES string of the molecule is COc1ccc(NC(=O)N2CC(Oc3ccc(C(F)(F)F)cn3)C2)cc1. The lowest BCUT2D eigenvalue weighted by atomic mass is 10.2. The number of urea groups is 1. The Morgan fingerprint density at radius 2 is 1.88 bits per heavy atom. The van der Waals surface area contributed by atoms with Gasteiger partial charge in [0.2, 0.25) is 5.88 Å². The number of aromatic nitrogens is 1. The molecule has 9 heteroatoms. The van der Waals surface area contributed by atoms with E-state index in [1.165, 1.54) is 11.0 Å². The van der Waals surface area contributed by atoms with Gasteiger partial charge in [0.1, 0.15) is 11.9 Å². The molecule has 26 heavy (non-hydrogen) atoms. The Hall–Kier alpha value is -2.97. The zero-order valence-electron chi connectivity index (χ0n) is 13.8. The maximum absolute atomic E-state index is 12.5. The van der Waals surface area contributed by atoms with E-state index in [2.05, 4.69) is 10.3 Å². The number of nitrogens with one attached hydrogen (secondary N) is 1. The quantitative estimate of drug-likeness (QED) is 0.900. The topological polar surface area (TPSA) is 63.7 Å². The maximum atomic E-state index is 12.5. The normalized spacial score (nSPS) is 14.5. The van der Waals surface area contributed by atoms with E-state index in [0.717, 1.165) is 12.3 Å². The third-order valence-corrected chi connectivity index (χ3v) is 3.83. The number of pyridine rings is 1. The van der Waals surface area contributed by atoms with Crippen LogP contribution in [0, 0.1) is 0 Å². The highest BCUT2D eigenvalue weighted by Gasteiger charge is 2.34. The van der Waals surface area contributed by atoms with E-state index in [0.29, 0.717) is 24.5 Å². The van der Waals surface area contributed by atoms with Gasteiger partial charge < -0.3 is 19.7 Å². The summed E-state index contributed by atoms with van der Waals surface area (Å²) in [4.78, 5) is 17.3. The molecule has 1 N–H and O–H groups in total. The summed E-state index contributed by atoms with van der Waals surface area (Å²) in [6.45, 7) is 0.648. The summed E-state index contributed by atoms with van der Waals surface area (Å²) in [5, 5.41) is 2.74. The highest BCUT2D eigenvalue weighted by atomic mass is 19.4. The fourth-order valence-electron chi connectivity index (χ4n) is 2.34. The Bertz CT molecular complexity index is 758. The Kier molecular flexibility index (Phi) is 4.88. The first-order valence-electron chi connectivity index (χ1n) is 7.75. The van der Waals surface area contributed by atoms with Crippen molar-refractivity contribution < 1.29 is 27.4 Å². The van der Waals surface area contributed by atoms with Gasteiger partial charge in [-0.15, -0.1) is 0 Å². The first-order valence-corrected chi connectivity index (χ1v) is 7.75. The standard InChI is InChI=1S/C17H16F3N3O3/c1-25-13-5-3-12(4-6-13)22-16(24)23-9-14(10-23)26-15-7-2-11(8-21-15)17(18,19)20/h2-8,14H,9-10H2,1H3,(H,22,24). The van der Waals surface area contributed by atoms with Crippen LogP contribution in [0.2, 0.25) is 0 Å². The fourth-order valence-corrected chi connectivity index (χ4v) is 2.34. The number of anilines is 1. The molecule has 2 aromatic rings. The molecule has 0 bridgehead atoms. The molecule has 0 radical (unpaired) electrons. The summed E-state index contributed by atoms with van der Waals surface area (Å²) < 4.78 is 48.0. The second-order valence-corrected chi connectivity index (χ2v) is 5.69. The zero-order chi connectivity index (χ0) is 18.7. The molecule has 1 saturated heterocycles. The Labute approximate surface area is 147 Å². The number of carbonyl (C=O) groups excluding carboxylic acids is 1. The molecule has 2 heterocycles. The molecule has 2 amide bonds. The van der Waals surface area contributed by atoms with E-state index in [1.54, 1.807) is 31.4 Å². The van der Waals surface area contributed by atoms with Gasteiger partial charge in [0.15, 0.2) is 0 Å². The molecule has 0 saturated carbocycles. The van der Waals surface area contributed by atoms with E-state index in [9.17, 15) is 18.0 Å². The summed E-state index contributed by atoms with van der Waals surface area (Å²) in [5.74, 6) is 0.780. The van der Waals surface area contributed by atoms with Crippen molar-refractivity contribution in [2.24, 2.45) is 0 Å². The van der Waals surface area contributed by atoms with Gasteiger partial charge >= 0.3 is 12.2 Å². The Balaban J connectivity index is 1.46. The van der Waals surface area contributed by atoms with E-state index in [4.69, 9.17) is 9.47 Å². The number of rotatable bonds is 4. The molecule has 1 aromatic carbocycles. The molecule has 6 nitrogen and oxygen atoms in total. The number of halogens is 3. The monoisotopic (exact) mass is 367 g/mol. The summed E-state index contributed by atoms with van der Waals surface area (Å²) in [7, 11) is 1.55. The predicted molar refractivity (Wildman–Crippen MR) is 87.2 cm³/mol. The van der Waals surface area contributed by atoms with Crippen LogP contribution in [0.1, 0.15) is 5.56 Å². The van der Waals surface area contributed by atoms with Gasteiger partial charge in [0.05, 0.1) is 25.8 Å². The third kappa shape index (κ3) is 4.16. The van der Waals surface area contributed by atoms with Gasteiger partial charge in [0, 0.05) is 18.0 Å². The predicted octanol–water partition coefficient (Wildman–Crippen LogP) is 3.40. The van der Waals surface area contributed by atoms with Crippen LogP contribution < -0.4 is 14.8 Å². The van der Waals surface area contributed by atoms with Crippen LogP contribution in [0.25, 0.3) is 0 Å². The largest absolute Gasteiger partial charge is 0.497 e. The number of hydrogen-bond acceptors (Lipinski definition) is 4. The van der Waals surface area contributed by atoms with E-state index >= 15 is 0 Å². The van der Waals surface area contributed by atoms with Crippen LogP contribution in [-0.2, 0) is 6.18 Å². The summed E-state index contributed by atoms with van der Waals surface area (Å²) in [6, 6.07) is 8.70. The van der Waals surface area contributed by atoms with Crippen molar-refractivity contribution in [1.29, 1.82) is 0 Å². The number of nitrogens with zero attached hydrogens (tertiary/aromatic N) is 2. The van der Waals surface area contributed by atoms with Crippen molar-refractivity contribution in [2.45, 2.75) is 12.3 Å². The summed E-state index contributed by atoms with van der Waals surface area (Å²) in [5.41, 5.74) is -0.205. The van der Waals surface area contributed by atoms with E-state index < -0.39 is 11.7 Å². The highest BCUT2D eigenvalue weighted by Crippen LogP contribution is 2.29. The number of methoxy groups -OCH3 is 1. The van der Waals surface area contributed by atoms with Gasteiger partial charge in [-0.2, -0.15) is 13.2 Å². The molecular formula is C17H16F3N3O3. The molecule has 138 valence electrons. The summed E-state index contributed by atoms with van der Waals surface area (Å²) >= 11 is 0. The molecule has 1 aromatic heterocycles. The second-order valence-electron chi connectivity index (χ2n) is 5.69. The van der Waals surface area contributed by atoms with Crippen molar-refractivity contribution in [1.82, 2.24) is 9.88 Å². The van der Waals surface area contributed by atoms with Crippen LogP contribution in [0.4, 0.5) is 23.7 Å². The van der Waals surface area contributed by atoms with Crippen molar-refractivity contribution in [3.05, 3.63) is 48.2 Å². The zero-order valence-corrected chi connectivity index (χ0v) is 13.8.